The van der Waals surface area contributed by atoms with Crippen LogP contribution in [-0.4, -0.2) is 51.6 Å². The van der Waals surface area contributed by atoms with E-state index in [4.69, 9.17) is 0 Å². The number of thioether (sulfide) groups is 1. The molecule has 0 aliphatic carbocycles. The van der Waals surface area contributed by atoms with Crippen molar-refractivity contribution in [2.75, 3.05) is 19.6 Å². The van der Waals surface area contributed by atoms with Gasteiger partial charge in [-0.1, -0.05) is 28.8 Å². The standard InChI is InChI=1S/C18H18Br2N2O4S/c19-12-7-11(16(24)13(20)9-12)8-14-17(25)22(18(26)27-14)10-15(23)21-5-3-1-2-4-6-21/h7-9,24H,1-6,10H2/b14-8+. The Morgan fingerprint density at radius 3 is 2.48 bits per heavy atom. The van der Waals surface area contributed by atoms with Crippen molar-refractivity contribution in [1.29, 1.82) is 0 Å². The molecule has 144 valence electrons. The molecular formula is C18H18Br2N2O4S. The van der Waals surface area contributed by atoms with Gasteiger partial charge in [-0.2, -0.15) is 0 Å². The Labute approximate surface area is 178 Å². The molecule has 0 aromatic heterocycles. The van der Waals surface area contributed by atoms with Crippen LogP contribution in [0.1, 0.15) is 31.2 Å². The number of carbonyl (C=O) groups is 3. The molecule has 1 aromatic rings. The van der Waals surface area contributed by atoms with Crippen LogP contribution in [0.2, 0.25) is 0 Å². The van der Waals surface area contributed by atoms with E-state index in [1.807, 2.05) is 0 Å². The Balaban J connectivity index is 1.76. The molecule has 6 nitrogen and oxygen atoms in total. The van der Waals surface area contributed by atoms with E-state index < -0.39 is 11.1 Å². The van der Waals surface area contributed by atoms with Gasteiger partial charge in [0, 0.05) is 23.1 Å². The Kier molecular flexibility index (Phi) is 6.65. The molecule has 2 aliphatic heterocycles. The maximum atomic E-state index is 12.6. The van der Waals surface area contributed by atoms with Crippen molar-refractivity contribution in [2.45, 2.75) is 25.7 Å². The van der Waals surface area contributed by atoms with Crippen molar-refractivity contribution in [3.05, 3.63) is 31.5 Å². The zero-order valence-corrected chi connectivity index (χ0v) is 18.4. The topological polar surface area (TPSA) is 77.9 Å². The van der Waals surface area contributed by atoms with Crippen LogP contribution in [0.25, 0.3) is 6.08 Å². The van der Waals surface area contributed by atoms with Crippen LogP contribution < -0.4 is 0 Å². The van der Waals surface area contributed by atoms with Crippen LogP contribution in [0, 0.1) is 0 Å². The molecule has 1 aromatic carbocycles. The van der Waals surface area contributed by atoms with Crippen LogP contribution >= 0.6 is 43.6 Å². The summed E-state index contributed by atoms with van der Waals surface area (Å²) in [6, 6.07) is 3.33. The Morgan fingerprint density at radius 2 is 1.81 bits per heavy atom. The maximum absolute atomic E-state index is 12.6. The first kappa shape index (κ1) is 20.4. The van der Waals surface area contributed by atoms with Gasteiger partial charge >= 0.3 is 0 Å². The maximum Gasteiger partial charge on any atom is 0.294 e. The smallest absolute Gasteiger partial charge is 0.294 e. The average molecular weight is 518 g/mol. The van der Waals surface area contributed by atoms with Gasteiger partial charge in [0.25, 0.3) is 11.1 Å². The number of benzene rings is 1. The van der Waals surface area contributed by atoms with Crippen molar-refractivity contribution in [3.63, 3.8) is 0 Å². The van der Waals surface area contributed by atoms with Crippen molar-refractivity contribution in [3.8, 4) is 5.75 Å². The molecule has 0 saturated carbocycles. The predicted molar refractivity (Wildman–Crippen MR) is 111 cm³/mol. The summed E-state index contributed by atoms with van der Waals surface area (Å²) < 4.78 is 1.19. The van der Waals surface area contributed by atoms with Gasteiger partial charge in [-0.25, -0.2) is 0 Å². The molecule has 0 unspecified atom stereocenters. The summed E-state index contributed by atoms with van der Waals surface area (Å²) in [5.41, 5.74) is 0.403. The summed E-state index contributed by atoms with van der Waals surface area (Å²) in [5, 5.41) is 9.68. The van der Waals surface area contributed by atoms with E-state index in [1.165, 1.54) is 6.08 Å². The number of nitrogens with zero attached hydrogens (tertiary/aromatic N) is 2. The zero-order chi connectivity index (χ0) is 19.6. The highest BCUT2D eigenvalue weighted by molar-refractivity contribution is 9.11. The van der Waals surface area contributed by atoms with E-state index in [9.17, 15) is 19.5 Å². The van der Waals surface area contributed by atoms with E-state index in [1.54, 1.807) is 17.0 Å². The van der Waals surface area contributed by atoms with Crippen molar-refractivity contribution < 1.29 is 19.5 Å². The molecule has 2 aliphatic rings. The highest BCUT2D eigenvalue weighted by Crippen LogP contribution is 2.37. The summed E-state index contributed by atoms with van der Waals surface area (Å²) in [6.07, 6.45) is 5.56. The third-order valence-electron chi connectivity index (χ3n) is 4.47. The normalized spacial score (nSPS) is 19.7. The van der Waals surface area contributed by atoms with Gasteiger partial charge < -0.3 is 10.0 Å². The van der Waals surface area contributed by atoms with E-state index in [-0.39, 0.29) is 23.1 Å². The van der Waals surface area contributed by atoms with Crippen molar-refractivity contribution in [2.24, 2.45) is 0 Å². The Morgan fingerprint density at radius 1 is 1.15 bits per heavy atom. The molecule has 0 spiro atoms. The Bertz CT molecular complexity index is 820. The molecule has 3 rings (SSSR count). The first-order valence-corrected chi connectivity index (χ1v) is 11.0. The third kappa shape index (κ3) is 4.75. The van der Waals surface area contributed by atoms with Gasteiger partial charge in [0.15, 0.2) is 0 Å². The molecule has 0 radical (unpaired) electrons. The molecule has 3 amide bonds. The van der Waals surface area contributed by atoms with Gasteiger partial charge in [0.05, 0.1) is 9.38 Å². The Hall–Kier alpha value is -1.32. The van der Waals surface area contributed by atoms with Gasteiger partial charge in [-0.15, -0.1) is 0 Å². The number of amides is 3. The number of likely N-dealkylation sites (tertiary alicyclic amines) is 1. The molecule has 2 fully saturated rings. The summed E-state index contributed by atoms with van der Waals surface area (Å²) in [6.45, 7) is 1.10. The number of halogens is 2. The van der Waals surface area contributed by atoms with Crippen molar-refractivity contribution in [1.82, 2.24) is 9.80 Å². The first-order chi connectivity index (χ1) is 12.9. The summed E-state index contributed by atoms with van der Waals surface area (Å²) >= 11 is 7.34. The molecular weight excluding hydrogens is 500 g/mol. The second-order valence-electron chi connectivity index (χ2n) is 6.39. The fourth-order valence-electron chi connectivity index (χ4n) is 3.03. The third-order valence-corrected chi connectivity index (χ3v) is 6.44. The molecule has 0 bridgehead atoms. The highest BCUT2D eigenvalue weighted by Gasteiger charge is 2.37. The molecule has 27 heavy (non-hydrogen) atoms. The largest absolute Gasteiger partial charge is 0.506 e. The fourth-order valence-corrected chi connectivity index (χ4v) is 5.12. The van der Waals surface area contributed by atoms with Crippen LogP contribution in [0.5, 0.6) is 5.75 Å². The number of carbonyl (C=O) groups excluding carboxylic acids is 3. The molecule has 0 atom stereocenters. The lowest BCUT2D eigenvalue weighted by atomic mass is 10.2. The fraction of sp³-hybridized carbons (Fsp3) is 0.389. The molecule has 2 heterocycles. The number of phenols is 1. The van der Waals surface area contributed by atoms with Gasteiger partial charge in [-0.05, 0) is 58.7 Å². The number of phenolic OH excluding ortho intramolecular Hbond substituents is 1. The van der Waals surface area contributed by atoms with Gasteiger partial charge in [0.1, 0.15) is 12.3 Å². The number of hydrogen-bond acceptors (Lipinski definition) is 5. The highest BCUT2D eigenvalue weighted by atomic mass is 79.9. The van der Waals surface area contributed by atoms with Crippen LogP contribution in [0.3, 0.4) is 0 Å². The first-order valence-electron chi connectivity index (χ1n) is 8.58. The minimum absolute atomic E-state index is 0.0226. The van der Waals surface area contributed by atoms with Crippen LogP contribution in [0.15, 0.2) is 26.0 Å². The number of imide groups is 1. The molecule has 2 saturated heterocycles. The van der Waals surface area contributed by atoms with Gasteiger partial charge in [-0.3, -0.25) is 19.3 Å². The predicted octanol–water partition coefficient (Wildman–Crippen LogP) is 4.36. The van der Waals surface area contributed by atoms with E-state index in [0.29, 0.717) is 27.6 Å². The SMILES string of the molecule is O=C(CN1C(=O)S/C(=C/c2cc(Br)cc(Br)c2O)C1=O)N1CCCCCC1. The summed E-state index contributed by atoms with van der Waals surface area (Å²) in [7, 11) is 0. The van der Waals surface area contributed by atoms with Crippen molar-refractivity contribution >= 4 is 66.8 Å². The van der Waals surface area contributed by atoms with E-state index >= 15 is 0 Å². The zero-order valence-electron chi connectivity index (χ0n) is 14.4. The minimum atomic E-state index is -0.510. The molecule has 9 heteroatoms. The van der Waals surface area contributed by atoms with E-state index in [2.05, 4.69) is 31.9 Å². The lowest BCUT2D eigenvalue weighted by Crippen LogP contribution is -2.42. The van der Waals surface area contributed by atoms with Crippen LogP contribution in [-0.2, 0) is 9.59 Å². The molecule has 1 N–H and O–H groups in total. The van der Waals surface area contributed by atoms with E-state index in [0.717, 1.165) is 42.3 Å². The monoisotopic (exact) mass is 516 g/mol. The minimum Gasteiger partial charge on any atom is -0.506 e. The number of rotatable bonds is 3. The summed E-state index contributed by atoms with van der Waals surface area (Å²) in [5.74, 6) is -0.734. The second-order valence-corrected chi connectivity index (χ2v) is 9.15. The lowest BCUT2D eigenvalue weighted by Gasteiger charge is -2.22. The number of aromatic hydroxyl groups is 1. The number of hydrogen-bond donors (Lipinski definition) is 1. The quantitative estimate of drug-likeness (QED) is 0.603. The second kappa shape index (κ2) is 8.79. The summed E-state index contributed by atoms with van der Waals surface area (Å²) in [4.78, 5) is 40.3. The van der Waals surface area contributed by atoms with Crippen LogP contribution in [0.4, 0.5) is 4.79 Å². The average Bonchev–Trinajstić information content (AvgIpc) is 2.83. The van der Waals surface area contributed by atoms with Gasteiger partial charge in [0.2, 0.25) is 5.91 Å². The lowest BCUT2D eigenvalue weighted by molar-refractivity contribution is -0.135.